The third-order valence-corrected chi connectivity index (χ3v) is 2.84. The zero-order chi connectivity index (χ0) is 11.5. The number of benzene rings is 1. The fourth-order valence-electron chi connectivity index (χ4n) is 1.39. The molecule has 1 heterocycles. The van der Waals surface area contributed by atoms with E-state index in [1.165, 1.54) is 0 Å². The summed E-state index contributed by atoms with van der Waals surface area (Å²) in [6.45, 7) is 3.99. The van der Waals surface area contributed by atoms with E-state index in [1.807, 2.05) is 19.1 Å². The molecule has 5 heteroatoms. The molecule has 4 nitrogen and oxygen atoms in total. The normalized spacial score (nSPS) is 10.6. The Bertz CT molecular complexity index is 478. The molecule has 0 atom stereocenters. The van der Waals surface area contributed by atoms with Crippen LogP contribution in [0.1, 0.15) is 12.7 Å². The molecule has 1 N–H and O–H groups in total. The third-order valence-electron chi connectivity index (χ3n) is 2.12. The van der Waals surface area contributed by atoms with Gasteiger partial charge in [0.2, 0.25) is 5.16 Å². The Balaban J connectivity index is 2.36. The number of hydrogen-bond donors (Lipinski definition) is 1. The molecule has 0 saturated heterocycles. The molecule has 0 fully saturated rings. The predicted octanol–water partition coefficient (Wildman–Crippen LogP) is 2.39. The Morgan fingerprint density at radius 3 is 2.62 bits per heavy atom. The van der Waals surface area contributed by atoms with Gasteiger partial charge in [-0.05, 0) is 36.9 Å². The summed E-state index contributed by atoms with van der Waals surface area (Å²) in [6, 6.07) is 6.92. The Labute approximate surface area is 98.3 Å². The average Bonchev–Trinajstić information content (AvgIpc) is 2.61. The highest BCUT2D eigenvalue weighted by atomic mass is 32.2. The molecule has 0 aliphatic rings. The van der Waals surface area contributed by atoms with Gasteiger partial charge in [-0.2, -0.15) is 0 Å². The molecule has 0 saturated carbocycles. The van der Waals surface area contributed by atoms with Gasteiger partial charge in [-0.15, -0.1) is 5.10 Å². The SMILES string of the molecule is CCSc1nc(C)n(-c2ccc(O)cc2)n1. The molecule has 0 amide bonds. The number of phenols is 1. The van der Waals surface area contributed by atoms with Crippen molar-refractivity contribution >= 4 is 11.8 Å². The molecule has 1 aromatic carbocycles. The van der Waals surface area contributed by atoms with Crippen LogP contribution in [0, 0.1) is 6.92 Å². The molecule has 0 bridgehead atoms. The molecule has 0 aliphatic heterocycles. The molecule has 0 radical (unpaired) electrons. The minimum absolute atomic E-state index is 0.254. The van der Waals surface area contributed by atoms with Gasteiger partial charge in [0.05, 0.1) is 5.69 Å². The highest BCUT2D eigenvalue weighted by Crippen LogP contribution is 2.18. The van der Waals surface area contributed by atoms with Crippen LogP contribution >= 0.6 is 11.8 Å². The first kappa shape index (κ1) is 11.0. The average molecular weight is 235 g/mol. The van der Waals surface area contributed by atoms with Crippen LogP contribution in [0.15, 0.2) is 29.4 Å². The van der Waals surface area contributed by atoms with Gasteiger partial charge >= 0.3 is 0 Å². The number of thioether (sulfide) groups is 1. The Kier molecular flexibility index (Phi) is 3.14. The number of aromatic hydroxyl groups is 1. The first-order valence-electron chi connectivity index (χ1n) is 5.06. The van der Waals surface area contributed by atoms with E-state index in [0.29, 0.717) is 0 Å². The van der Waals surface area contributed by atoms with Crippen molar-refractivity contribution in [3.8, 4) is 11.4 Å². The third kappa shape index (κ3) is 2.19. The lowest BCUT2D eigenvalue weighted by molar-refractivity contribution is 0.475. The highest BCUT2D eigenvalue weighted by molar-refractivity contribution is 7.99. The minimum Gasteiger partial charge on any atom is -0.508 e. The second kappa shape index (κ2) is 4.57. The summed E-state index contributed by atoms with van der Waals surface area (Å²) in [5, 5.41) is 14.4. The van der Waals surface area contributed by atoms with E-state index < -0.39 is 0 Å². The zero-order valence-electron chi connectivity index (χ0n) is 9.21. The van der Waals surface area contributed by atoms with Crippen molar-refractivity contribution in [2.24, 2.45) is 0 Å². The van der Waals surface area contributed by atoms with E-state index >= 15 is 0 Å². The topological polar surface area (TPSA) is 50.9 Å². The lowest BCUT2D eigenvalue weighted by atomic mass is 10.3. The summed E-state index contributed by atoms with van der Waals surface area (Å²) in [7, 11) is 0. The van der Waals surface area contributed by atoms with Crippen molar-refractivity contribution in [3.05, 3.63) is 30.1 Å². The quantitative estimate of drug-likeness (QED) is 0.830. The number of aromatic nitrogens is 3. The van der Waals surface area contributed by atoms with Crippen LogP contribution in [0.2, 0.25) is 0 Å². The molecule has 0 aliphatic carbocycles. The number of phenolic OH excluding ortho intramolecular Hbond substituents is 1. The van der Waals surface area contributed by atoms with Crippen LogP contribution in [-0.4, -0.2) is 25.6 Å². The lowest BCUT2D eigenvalue weighted by Crippen LogP contribution is -1.98. The summed E-state index contributed by atoms with van der Waals surface area (Å²) in [5.41, 5.74) is 0.908. The number of nitrogens with zero attached hydrogens (tertiary/aromatic N) is 3. The van der Waals surface area contributed by atoms with Gasteiger partial charge in [0.15, 0.2) is 0 Å². The Morgan fingerprint density at radius 1 is 1.31 bits per heavy atom. The monoisotopic (exact) mass is 235 g/mol. The van der Waals surface area contributed by atoms with Gasteiger partial charge in [0.1, 0.15) is 11.6 Å². The molecule has 2 aromatic rings. The van der Waals surface area contributed by atoms with Crippen LogP contribution in [0.25, 0.3) is 5.69 Å². The lowest BCUT2D eigenvalue weighted by Gasteiger charge is -2.01. The van der Waals surface area contributed by atoms with E-state index in [2.05, 4.69) is 17.0 Å². The molecule has 1 aromatic heterocycles. The minimum atomic E-state index is 0.254. The maximum atomic E-state index is 9.21. The van der Waals surface area contributed by atoms with Crippen LogP contribution in [0.3, 0.4) is 0 Å². The molecular formula is C11H13N3OS. The van der Waals surface area contributed by atoms with Crippen LogP contribution in [0.5, 0.6) is 5.75 Å². The van der Waals surface area contributed by atoms with Crippen molar-refractivity contribution in [1.29, 1.82) is 0 Å². The maximum Gasteiger partial charge on any atom is 0.209 e. The van der Waals surface area contributed by atoms with Gasteiger partial charge in [0.25, 0.3) is 0 Å². The summed E-state index contributed by atoms with van der Waals surface area (Å²) in [4.78, 5) is 4.35. The first-order chi connectivity index (χ1) is 7.70. The van der Waals surface area contributed by atoms with E-state index in [0.717, 1.165) is 22.4 Å². The van der Waals surface area contributed by atoms with Gasteiger partial charge in [-0.3, -0.25) is 0 Å². The highest BCUT2D eigenvalue weighted by Gasteiger charge is 2.07. The van der Waals surface area contributed by atoms with Gasteiger partial charge < -0.3 is 5.11 Å². The largest absolute Gasteiger partial charge is 0.508 e. The summed E-state index contributed by atoms with van der Waals surface area (Å²) >= 11 is 1.62. The predicted molar refractivity (Wildman–Crippen MR) is 64.2 cm³/mol. The first-order valence-corrected chi connectivity index (χ1v) is 6.05. The molecular weight excluding hydrogens is 222 g/mol. The smallest absolute Gasteiger partial charge is 0.209 e. The zero-order valence-corrected chi connectivity index (χ0v) is 10.0. The van der Waals surface area contributed by atoms with Crippen molar-refractivity contribution in [2.75, 3.05) is 5.75 Å². The molecule has 16 heavy (non-hydrogen) atoms. The van der Waals surface area contributed by atoms with Crippen LogP contribution in [0.4, 0.5) is 0 Å². The van der Waals surface area contributed by atoms with Crippen molar-refractivity contribution in [1.82, 2.24) is 14.8 Å². The van der Waals surface area contributed by atoms with E-state index in [9.17, 15) is 5.11 Å². The standard InChI is InChI=1S/C11H13N3OS/c1-3-16-11-12-8(2)14(13-11)9-4-6-10(15)7-5-9/h4-7,15H,3H2,1-2H3. The van der Waals surface area contributed by atoms with Crippen molar-refractivity contribution < 1.29 is 5.11 Å². The van der Waals surface area contributed by atoms with Crippen LogP contribution < -0.4 is 0 Å². The fraction of sp³-hybridized carbons (Fsp3) is 0.273. The van der Waals surface area contributed by atoms with E-state index in [4.69, 9.17) is 0 Å². The van der Waals surface area contributed by atoms with Gasteiger partial charge in [-0.25, -0.2) is 9.67 Å². The van der Waals surface area contributed by atoms with Crippen molar-refractivity contribution in [3.63, 3.8) is 0 Å². The number of hydrogen-bond acceptors (Lipinski definition) is 4. The molecule has 0 spiro atoms. The van der Waals surface area contributed by atoms with E-state index in [1.54, 1.807) is 28.6 Å². The van der Waals surface area contributed by atoms with Gasteiger partial charge in [-0.1, -0.05) is 18.7 Å². The fourth-order valence-corrected chi connectivity index (χ4v) is 1.99. The Morgan fingerprint density at radius 2 is 2.00 bits per heavy atom. The molecule has 84 valence electrons. The van der Waals surface area contributed by atoms with Gasteiger partial charge in [0, 0.05) is 0 Å². The molecule has 0 unspecified atom stereocenters. The second-order valence-electron chi connectivity index (χ2n) is 3.30. The number of aryl methyl sites for hydroxylation is 1. The second-order valence-corrected chi connectivity index (χ2v) is 4.53. The number of rotatable bonds is 3. The summed E-state index contributed by atoms with van der Waals surface area (Å²) in [6.07, 6.45) is 0. The van der Waals surface area contributed by atoms with Crippen molar-refractivity contribution in [2.45, 2.75) is 19.0 Å². The van der Waals surface area contributed by atoms with Crippen LogP contribution in [-0.2, 0) is 0 Å². The summed E-state index contributed by atoms with van der Waals surface area (Å²) in [5.74, 6) is 2.06. The van der Waals surface area contributed by atoms with E-state index in [-0.39, 0.29) is 5.75 Å². The Hall–Kier alpha value is -1.49. The summed E-state index contributed by atoms with van der Waals surface area (Å²) < 4.78 is 1.78. The maximum absolute atomic E-state index is 9.21. The molecule has 2 rings (SSSR count).